The summed E-state index contributed by atoms with van der Waals surface area (Å²) in [5.41, 5.74) is 6.85. The van der Waals surface area contributed by atoms with Crippen LogP contribution >= 0.6 is 8.60 Å². The molecule has 146 valence electrons. The number of rotatable bonds is 6. The Labute approximate surface area is 169 Å². The van der Waals surface area contributed by atoms with Gasteiger partial charge in [0.2, 0.25) is 0 Å². The summed E-state index contributed by atoms with van der Waals surface area (Å²) in [5, 5.41) is 0. The molecule has 0 heterocycles. The van der Waals surface area contributed by atoms with Gasteiger partial charge in [0.15, 0.2) is 0 Å². The van der Waals surface area contributed by atoms with Crippen molar-refractivity contribution in [3.8, 4) is 17.2 Å². The fourth-order valence-electron chi connectivity index (χ4n) is 3.27. The summed E-state index contributed by atoms with van der Waals surface area (Å²) in [5.74, 6) is 2.24. The molecule has 0 saturated carbocycles. The predicted octanol–water partition coefficient (Wildman–Crippen LogP) is 7.30. The topological polar surface area (TPSA) is 27.7 Å². The predicted molar refractivity (Wildman–Crippen MR) is 117 cm³/mol. The molecule has 0 atom stereocenters. The van der Waals surface area contributed by atoms with E-state index in [9.17, 15) is 0 Å². The first kappa shape index (κ1) is 20.2. The molecule has 0 aromatic heterocycles. The van der Waals surface area contributed by atoms with Crippen LogP contribution in [0, 0.1) is 41.5 Å². The quantitative estimate of drug-likeness (QED) is 0.411. The summed E-state index contributed by atoms with van der Waals surface area (Å²) in [6, 6.07) is 18.3. The van der Waals surface area contributed by atoms with Gasteiger partial charge < -0.3 is 13.6 Å². The molecule has 0 aliphatic rings. The summed E-state index contributed by atoms with van der Waals surface area (Å²) < 4.78 is 18.5. The van der Waals surface area contributed by atoms with Crippen LogP contribution in [0.15, 0.2) is 54.6 Å². The second-order valence-corrected chi connectivity index (χ2v) is 8.46. The third-order valence-electron chi connectivity index (χ3n) is 4.13. The lowest BCUT2D eigenvalue weighted by molar-refractivity contribution is 0.387. The van der Waals surface area contributed by atoms with Gasteiger partial charge >= 0.3 is 8.60 Å². The SMILES string of the molecule is Cc1cc(C)cc(OP(Oc2cc(C)cc(C)c2)Oc2cc(C)cc(C)c2)c1. The van der Waals surface area contributed by atoms with Gasteiger partial charge in [-0.1, -0.05) is 18.2 Å². The molecule has 0 unspecified atom stereocenters. The van der Waals surface area contributed by atoms with Gasteiger partial charge in [0, 0.05) is 0 Å². The molecular formula is C24H27O3P. The number of hydrogen-bond acceptors (Lipinski definition) is 3. The van der Waals surface area contributed by atoms with Crippen molar-refractivity contribution in [3.63, 3.8) is 0 Å². The summed E-state index contributed by atoms with van der Waals surface area (Å²) >= 11 is 0. The lowest BCUT2D eigenvalue weighted by Crippen LogP contribution is -2.03. The Morgan fingerprint density at radius 2 is 0.607 bits per heavy atom. The van der Waals surface area contributed by atoms with Crippen molar-refractivity contribution in [3.05, 3.63) is 88.0 Å². The molecule has 4 heteroatoms. The Balaban J connectivity index is 1.89. The molecule has 0 fully saturated rings. The van der Waals surface area contributed by atoms with E-state index >= 15 is 0 Å². The van der Waals surface area contributed by atoms with Crippen molar-refractivity contribution in [2.45, 2.75) is 41.5 Å². The Kier molecular flexibility index (Phi) is 6.26. The number of benzene rings is 3. The van der Waals surface area contributed by atoms with Crippen LogP contribution < -0.4 is 13.6 Å². The largest absolute Gasteiger partial charge is 0.530 e. The van der Waals surface area contributed by atoms with Gasteiger partial charge in [-0.05, 0) is 111 Å². The maximum atomic E-state index is 6.16. The fourth-order valence-corrected chi connectivity index (χ4v) is 4.22. The zero-order valence-electron chi connectivity index (χ0n) is 17.4. The highest BCUT2D eigenvalue weighted by atomic mass is 31.2. The Bertz CT molecular complexity index is 794. The normalized spacial score (nSPS) is 10.8. The highest BCUT2D eigenvalue weighted by molar-refractivity contribution is 7.43. The summed E-state index contributed by atoms with van der Waals surface area (Å²) in [7, 11) is -1.66. The molecule has 3 aromatic rings. The molecule has 3 rings (SSSR count). The first-order valence-electron chi connectivity index (χ1n) is 9.36. The average molecular weight is 394 g/mol. The van der Waals surface area contributed by atoms with E-state index in [-0.39, 0.29) is 0 Å². The van der Waals surface area contributed by atoms with Crippen molar-refractivity contribution in [1.29, 1.82) is 0 Å². The van der Waals surface area contributed by atoms with E-state index in [1.165, 1.54) is 0 Å². The molecule has 0 N–H and O–H groups in total. The third-order valence-corrected chi connectivity index (χ3v) is 5.21. The smallest absolute Gasteiger partial charge is 0.408 e. The Hall–Kier alpha value is -2.51. The Morgan fingerprint density at radius 3 is 0.821 bits per heavy atom. The van der Waals surface area contributed by atoms with E-state index in [2.05, 4.69) is 59.7 Å². The molecule has 0 saturated heterocycles. The Morgan fingerprint density at radius 1 is 0.393 bits per heavy atom. The van der Waals surface area contributed by atoms with Crippen LogP contribution in [0.1, 0.15) is 33.4 Å². The van der Waals surface area contributed by atoms with E-state index in [1.807, 2.05) is 36.4 Å². The molecule has 0 aliphatic carbocycles. The minimum Gasteiger partial charge on any atom is -0.408 e. The fraction of sp³-hybridized carbons (Fsp3) is 0.250. The lowest BCUT2D eigenvalue weighted by Gasteiger charge is -2.19. The van der Waals surface area contributed by atoms with E-state index in [0.717, 1.165) is 50.6 Å². The summed E-state index contributed by atoms with van der Waals surface area (Å²) in [6.07, 6.45) is 0. The van der Waals surface area contributed by atoms with Gasteiger partial charge in [-0.3, -0.25) is 0 Å². The van der Waals surface area contributed by atoms with Crippen molar-refractivity contribution < 1.29 is 13.6 Å². The molecule has 3 nitrogen and oxygen atoms in total. The van der Waals surface area contributed by atoms with E-state index in [4.69, 9.17) is 13.6 Å². The third kappa shape index (κ3) is 5.74. The van der Waals surface area contributed by atoms with Gasteiger partial charge in [-0.2, -0.15) is 0 Å². The molecule has 0 aliphatic heterocycles. The first-order valence-corrected chi connectivity index (χ1v) is 10.5. The molecule has 28 heavy (non-hydrogen) atoms. The number of aryl methyl sites for hydroxylation is 6. The van der Waals surface area contributed by atoms with Gasteiger partial charge in [0.05, 0.1) is 0 Å². The van der Waals surface area contributed by atoms with Crippen LogP contribution in [0.5, 0.6) is 17.2 Å². The molecule has 0 spiro atoms. The van der Waals surface area contributed by atoms with E-state index in [0.29, 0.717) is 0 Å². The van der Waals surface area contributed by atoms with Crippen LogP contribution in [0.3, 0.4) is 0 Å². The highest BCUT2D eigenvalue weighted by Gasteiger charge is 2.21. The molecule has 3 aromatic carbocycles. The van der Waals surface area contributed by atoms with E-state index in [1.54, 1.807) is 0 Å². The molecule has 0 bridgehead atoms. The number of hydrogen-bond donors (Lipinski definition) is 0. The monoisotopic (exact) mass is 394 g/mol. The maximum Gasteiger partial charge on any atom is 0.530 e. The molecular weight excluding hydrogens is 367 g/mol. The zero-order valence-corrected chi connectivity index (χ0v) is 18.3. The first-order chi connectivity index (χ1) is 13.3. The second-order valence-electron chi connectivity index (χ2n) is 7.47. The highest BCUT2D eigenvalue weighted by Crippen LogP contribution is 2.43. The molecule has 0 radical (unpaired) electrons. The van der Waals surface area contributed by atoms with Crippen LogP contribution in [0.4, 0.5) is 0 Å². The van der Waals surface area contributed by atoms with Crippen LogP contribution in [-0.2, 0) is 0 Å². The van der Waals surface area contributed by atoms with Crippen molar-refractivity contribution in [2.24, 2.45) is 0 Å². The van der Waals surface area contributed by atoms with Gasteiger partial charge in [0.25, 0.3) is 0 Å². The van der Waals surface area contributed by atoms with Crippen LogP contribution in [0.25, 0.3) is 0 Å². The van der Waals surface area contributed by atoms with Crippen LogP contribution in [0.2, 0.25) is 0 Å². The van der Waals surface area contributed by atoms with Crippen molar-refractivity contribution in [1.82, 2.24) is 0 Å². The zero-order chi connectivity index (χ0) is 20.3. The lowest BCUT2D eigenvalue weighted by atomic mass is 10.1. The van der Waals surface area contributed by atoms with Crippen molar-refractivity contribution in [2.75, 3.05) is 0 Å². The maximum absolute atomic E-state index is 6.16. The molecule has 0 amide bonds. The average Bonchev–Trinajstić information content (AvgIpc) is 2.51. The van der Waals surface area contributed by atoms with Crippen molar-refractivity contribution >= 4 is 8.60 Å². The minimum absolute atomic E-state index is 0.748. The van der Waals surface area contributed by atoms with Gasteiger partial charge in [0.1, 0.15) is 17.2 Å². The van der Waals surface area contributed by atoms with Crippen LogP contribution in [-0.4, -0.2) is 0 Å². The summed E-state index contributed by atoms with van der Waals surface area (Å²) in [4.78, 5) is 0. The van der Waals surface area contributed by atoms with Gasteiger partial charge in [-0.25, -0.2) is 0 Å². The minimum atomic E-state index is -1.66. The summed E-state index contributed by atoms with van der Waals surface area (Å²) in [6.45, 7) is 12.3. The second kappa shape index (κ2) is 8.67. The standard InChI is InChI=1S/C24H27O3P/c1-16-7-17(2)11-22(10-16)25-28(26-23-12-18(3)8-19(4)13-23)27-24-14-20(5)9-21(6)15-24/h7-15H,1-6H3. The van der Waals surface area contributed by atoms with Gasteiger partial charge in [-0.15, -0.1) is 0 Å². The van der Waals surface area contributed by atoms with E-state index < -0.39 is 8.60 Å².